The fraction of sp³-hybridized carbons (Fsp3) is 0.286. The van der Waals surface area contributed by atoms with Crippen LogP contribution in [0.5, 0.6) is 0 Å². The van der Waals surface area contributed by atoms with Gasteiger partial charge in [0.1, 0.15) is 0 Å². The molecule has 0 heterocycles. The van der Waals surface area contributed by atoms with Gasteiger partial charge in [-0.15, -0.1) is 0 Å². The fourth-order valence-corrected chi connectivity index (χ4v) is 1.37. The summed E-state index contributed by atoms with van der Waals surface area (Å²) in [6.45, 7) is 0.514. The Kier molecular flexibility index (Phi) is 6.13. The van der Waals surface area contributed by atoms with Crippen LogP contribution in [0.1, 0.15) is 22.3 Å². The molecule has 3 N–H and O–H groups in total. The Morgan fingerprint density at radius 1 is 1.42 bits per heavy atom. The molecule has 0 aliphatic heterocycles. The number of rotatable bonds is 4. The largest absolute Gasteiger partial charge is 0.469 e. The molecule has 0 aliphatic carbocycles. The number of benzene rings is 1. The molecule has 0 aromatic heterocycles. The lowest BCUT2D eigenvalue weighted by Gasteiger charge is -2.04. The smallest absolute Gasteiger partial charge is 0.307 e. The molecule has 0 saturated carbocycles. The number of amides is 1. The molecule has 1 aromatic carbocycles. The highest BCUT2D eigenvalue weighted by atomic mass is 16.5. The maximum atomic E-state index is 11.8. The number of carbonyl (C=O) groups is 2. The van der Waals surface area contributed by atoms with Crippen molar-refractivity contribution in [2.75, 3.05) is 20.2 Å². The zero-order chi connectivity index (χ0) is 14.1. The molecule has 0 fully saturated rings. The second-order valence-corrected chi connectivity index (χ2v) is 3.67. The van der Waals surface area contributed by atoms with E-state index in [1.54, 1.807) is 24.3 Å². The van der Waals surface area contributed by atoms with Crippen LogP contribution in [-0.2, 0) is 9.53 Å². The number of nitrogens with one attached hydrogen (secondary N) is 1. The number of methoxy groups -OCH3 is 1. The molecule has 1 aromatic rings. The van der Waals surface area contributed by atoms with Crippen molar-refractivity contribution in [3.8, 4) is 11.8 Å². The van der Waals surface area contributed by atoms with Gasteiger partial charge in [0, 0.05) is 17.7 Å². The van der Waals surface area contributed by atoms with E-state index in [9.17, 15) is 9.59 Å². The molecule has 0 saturated heterocycles. The predicted molar refractivity (Wildman–Crippen MR) is 71.3 cm³/mol. The quantitative estimate of drug-likeness (QED) is 0.602. The maximum absolute atomic E-state index is 11.8. The van der Waals surface area contributed by atoms with Gasteiger partial charge in [0.05, 0.1) is 20.1 Å². The Morgan fingerprint density at radius 2 is 2.21 bits per heavy atom. The van der Waals surface area contributed by atoms with Gasteiger partial charge < -0.3 is 15.8 Å². The summed E-state index contributed by atoms with van der Waals surface area (Å²) in [6.07, 6.45) is 0.148. The molecule has 5 nitrogen and oxygen atoms in total. The molecular weight excluding hydrogens is 244 g/mol. The molecular formula is C14H16N2O3. The Morgan fingerprint density at radius 3 is 2.89 bits per heavy atom. The number of carbonyl (C=O) groups excluding carboxylic acids is 2. The summed E-state index contributed by atoms with van der Waals surface area (Å²) >= 11 is 0. The Bertz CT molecular complexity index is 515. The van der Waals surface area contributed by atoms with Crippen LogP contribution in [0.2, 0.25) is 0 Å². The molecule has 0 unspecified atom stereocenters. The third-order valence-electron chi connectivity index (χ3n) is 2.30. The Hall–Kier alpha value is -2.32. The van der Waals surface area contributed by atoms with Crippen LogP contribution in [0.3, 0.4) is 0 Å². The monoisotopic (exact) mass is 260 g/mol. The lowest BCUT2D eigenvalue weighted by Crippen LogP contribution is -2.26. The highest BCUT2D eigenvalue weighted by Gasteiger charge is 2.06. The number of nitrogens with two attached hydrogens (primary N) is 1. The molecule has 0 bridgehead atoms. The van der Waals surface area contributed by atoms with Crippen LogP contribution < -0.4 is 11.1 Å². The van der Waals surface area contributed by atoms with E-state index in [0.717, 1.165) is 5.56 Å². The third kappa shape index (κ3) is 5.23. The molecule has 0 radical (unpaired) electrons. The zero-order valence-electron chi connectivity index (χ0n) is 10.7. The summed E-state index contributed by atoms with van der Waals surface area (Å²) < 4.78 is 4.48. The van der Waals surface area contributed by atoms with Crippen molar-refractivity contribution in [2.45, 2.75) is 6.42 Å². The first-order valence-corrected chi connectivity index (χ1v) is 5.81. The number of ether oxygens (including phenoxy) is 1. The third-order valence-corrected chi connectivity index (χ3v) is 2.30. The van der Waals surface area contributed by atoms with Gasteiger partial charge >= 0.3 is 5.97 Å². The average molecular weight is 260 g/mol. The van der Waals surface area contributed by atoms with Crippen LogP contribution >= 0.6 is 0 Å². The molecule has 1 amide bonds. The summed E-state index contributed by atoms with van der Waals surface area (Å²) in [6, 6.07) is 6.90. The lowest BCUT2D eigenvalue weighted by atomic mass is 10.1. The summed E-state index contributed by atoms with van der Waals surface area (Å²) in [5.41, 5.74) is 6.51. The van der Waals surface area contributed by atoms with Crippen molar-refractivity contribution < 1.29 is 14.3 Å². The van der Waals surface area contributed by atoms with Gasteiger partial charge in [0.25, 0.3) is 5.91 Å². The van der Waals surface area contributed by atoms with Crippen molar-refractivity contribution in [1.82, 2.24) is 5.32 Å². The van der Waals surface area contributed by atoms with Gasteiger partial charge in [-0.2, -0.15) is 0 Å². The second kappa shape index (κ2) is 7.90. The van der Waals surface area contributed by atoms with Gasteiger partial charge in [-0.05, 0) is 18.2 Å². The lowest BCUT2D eigenvalue weighted by molar-refractivity contribution is -0.140. The van der Waals surface area contributed by atoms with E-state index in [-0.39, 0.29) is 31.4 Å². The summed E-state index contributed by atoms with van der Waals surface area (Å²) in [4.78, 5) is 22.7. The standard InChI is InChI=1S/C14H16N2O3/c1-19-13(17)7-9-16-14(18)12-6-2-4-11(10-12)5-3-8-15/h2,4,6,10H,7-9,15H2,1H3,(H,16,18). The van der Waals surface area contributed by atoms with Crippen molar-refractivity contribution in [3.05, 3.63) is 35.4 Å². The van der Waals surface area contributed by atoms with E-state index < -0.39 is 0 Å². The van der Waals surface area contributed by atoms with Gasteiger partial charge in [0.15, 0.2) is 0 Å². The molecule has 100 valence electrons. The van der Waals surface area contributed by atoms with E-state index in [1.807, 2.05) is 0 Å². The fourth-order valence-electron chi connectivity index (χ4n) is 1.37. The number of hydrogen-bond donors (Lipinski definition) is 2. The van der Waals surface area contributed by atoms with E-state index >= 15 is 0 Å². The second-order valence-electron chi connectivity index (χ2n) is 3.67. The van der Waals surface area contributed by atoms with E-state index in [2.05, 4.69) is 21.9 Å². The van der Waals surface area contributed by atoms with Crippen molar-refractivity contribution in [3.63, 3.8) is 0 Å². The van der Waals surface area contributed by atoms with Crippen LogP contribution in [0.15, 0.2) is 24.3 Å². The van der Waals surface area contributed by atoms with Crippen molar-refractivity contribution in [1.29, 1.82) is 0 Å². The van der Waals surface area contributed by atoms with Gasteiger partial charge in [-0.3, -0.25) is 9.59 Å². The van der Waals surface area contributed by atoms with Gasteiger partial charge in [-0.1, -0.05) is 17.9 Å². The Labute approximate surface area is 112 Å². The summed E-state index contributed by atoms with van der Waals surface area (Å²) in [7, 11) is 1.31. The maximum Gasteiger partial charge on any atom is 0.307 e. The van der Waals surface area contributed by atoms with E-state index in [1.165, 1.54) is 7.11 Å². The van der Waals surface area contributed by atoms with Crippen LogP contribution in [0, 0.1) is 11.8 Å². The van der Waals surface area contributed by atoms with Crippen LogP contribution in [0.25, 0.3) is 0 Å². The average Bonchev–Trinajstić information content (AvgIpc) is 2.45. The van der Waals surface area contributed by atoms with Crippen LogP contribution in [0.4, 0.5) is 0 Å². The molecule has 1 rings (SSSR count). The van der Waals surface area contributed by atoms with Crippen molar-refractivity contribution >= 4 is 11.9 Å². The number of hydrogen-bond acceptors (Lipinski definition) is 4. The highest BCUT2D eigenvalue weighted by molar-refractivity contribution is 5.94. The van der Waals surface area contributed by atoms with Gasteiger partial charge in [0.2, 0.25) is 0 Å². The summed E-state index contributed by atoms with van der Waals surface area (Å²) in [5, 5.41) is 2.63. The van der Waals surface area contributed by atoms with Crippen molar-refractivity contribution in [2.24, 2.45) is 5.73 Å². The minimum atomic E-state index is -0.358. The molecule has 0 aliphatic rings. The predicted octanol–water partition coefficient (Wildman–Crippen LogP) is 0.290. The highest BCUT2D eigenvalue weighted by Crippen LogP contribution is 2.04. The zero-order valence-corrected chi connectivity index (χ0v) is 10.7. The molecule has 19 heavy (non-hydrogen) atoms. The molecule has 0 spiro atoms. The van der Waals surface area contributed by atoms with Crippen LogP contribution in [-0.4, -0.2) is 32.1 Å². The minimum absolute atomic E-state index is 0.148. The molecule has 0 atom stereocenters. The van der Waals surface area contributed by atoms with Gasteiger partial charge in [-0.25, -0.2) is 0 Å². The normalized spacial score (nSPS) is 9.16. The first kappa shape index (κ1) is 14.7. The minimum Gasteiger partial charge on any atom is -0.469 e. The Balaban J connectivity index is 2.59. The first-order valence-electron chi connectivity index (χ1n) is 5.81. The first-order chi connectivity index (χ1) is 9.17. The topological polar surface area (TPSA) is 81.4 Å². The summed E-state index contributed by atoms with van der Waals surface area (Å²) in [5.74, 6) is 4.97. The van der Waals surface area contributed by atoms with E-state index in [4.69, 9.17) is 5.73 Å². The van der Waals surface area contributed by atoms with E-state index in [0.29, 0.717) is 5.56 Å². The molecule has 5 heteroatoms. The number of esters is 1. The SMILES string of the molecule is COC(=O)CCNC(=O)c1cccc(C#CCN)c1.